The van der Waals surface area contributed by atoms with E-state index in [0.717, 1.165) is 19.3 Å². The van der Waals surface area contributed by atoms with Crippen LogP contribution < -0.4 is 5.32 Å². The quantitative estimate of drug-likeness (QED) is 0.191. The van der Waals surface area contributed by atoms with Crippen molar-refractivity contribution in [2.75, 3.05) is 13.2 Å². The van der Waals surface area contributed by atoms with Gasteiger partial charge in [0.1, 0.15) is 18.8 Å². The van der Waals surface area contributed by atoms with Crippen LogP contribution in [-0.2, 0) is 42.9 Å². The molecule has 10 nitrogen and oxygen atoms in total. The second-order valence-corrected chi connectivity index (χ2v) is 10.8. The van der Waals surface area contributed by atoms with Crippen LogP contribution in [0.2, 0.25) is 0 Å². The summed E-state index contributed by atoms with van der Waals surface area (Å²) in [6, 6.07) is -0.943. The number of ether oxygens (including phenoxy) is 5. The van der Waals surface area contributed by atoms with Gasteiger partial charge >= 0.3 is 17.9 Å². The summed E-state index contributed by atoms with van der Waals surface area (Å²) in [5.41, 5.74) is -0.294. The molecule has 1 aliphatic heterocycles. The number of esters is 3. The zero-order valence-corrected chi connectivity index (χ0v) is 23.6. The van der Waals surface area contributed by atoms with Crippen molar-refractivity contribution in [3.05, 3.63) is 0 Å². The van der Waals surface area contributed by atoms with Crippen LogP contribution in [0.25, 0.3) is 0 Å². The Bertz CT molecular complexity index is 734. The van der Waals surface area contributed by atoms with E-state index in [0.29, 0.717) is 6.61 Å². The summed E-state index contributed by atoms with van der Waals surface area (Å²) in [6.07, 6.45) is 3.66. The molecule has 10 heteroatoms. The molecule has 0 saturated carbocycles. The lowest BCUT2D eigenvalue weighted by atomic mass is 9.91. The fraction of sp³-hybridized carbons (Fsp3) is 0.852. The highest BCUT2D eigenvalue weighted by Gasteiger charge is 2.51. The standard InChI is InChI=1S/C27H47NO9/c1-8-9-10-11-12-13-14-15-33-26-23(28-22(32)16-27(5,6)7)25(36-20(4)31)24(35-19(3)30)21(37-26)17-34-18(2)29/h21,23-26H,8-17H2,1-7H3,(H,28,32)/t21-,23-,24-,25-,26-/m1/s1. The van der Waals surface area contributed by atoms with Gasteiger partial charge in [-0.05, 0) is 11.8 Å². The Labute approximate surface area is 221 Å². The molecule has 0 unspecified atom stereocenters. The lowest BCUT2D eigenvalue weighted by molar-refractivity contribution is -0.278. The van der Waals surface area contributed by atoms with Gasteiger partial charge in [-0.3, -0.25) is 19.2 Å². The lowest BCUT2D eigenvalue weighted by Crippen LogP contribution is -2.66. The number of carbonyl (C=O) groups is 4. The minimum atomic E-state index is -1.13. The van der Waals surface area contributed by atoms with Crippen molar-refractivity contribution in [3.63, 3.8) is 0 Å². The third-order valence-corrected chi connectivity index (χ3v) is 5.75. The first kappa shape index (κ1) is 32.8. The maximum absolute atomic E-state index is 12.9. The molecule has 1 heterocycles. The van der Waals surface area contributed by atoms with E-state index in [1.165, 1.54) is 46.5 Å². The Kier molecular flexibility index (Phi) is 14.7. The highest BCUT2D eigenvalue weighted by molar-refractivity contribution is 5.77. The second kappa shape index (κ2) is 16.6. The van der Waals surface area contributed by atoms with Crippen molar-refractivity contribution < 1.29 is 42.9 Å². The Hall–Kier alpha value is -2.20. The van der Waals surface area contributed by atoms with Gasteiger partial charge in [0.05, 0.1) is 0 Å². The van der Waals surface area contributed by atoms with Gasteiger partial charge in [0.15, 0.2) is 18.5 Å². The molecule has 1 fully saturated rings. The summed E-state index contributed by atoms with van der Waals surface area (Å²) in [7, 11) is 0. The number of carbonyl (C=O) groups excluding carboxylic acids is 4. The van der Waals surface area contributed by atoms with Gasteiger partial charge in [-0.2, -0.15) is 0 Å². The number of hydrogen-bond acceptors (Lipinski definition) is 9. The molecule has 0 spiro atoms. The number of hydrogen-bond donors (Lipinski definition) is 1. The van der Waals surface area contributed by atoms with Crippen molar-refractivity contribution in [3.8, 4) is 0 Å². The lowest BCUT2D eigenvalue weighted by Gasteiger charge is -2.45. The van der Waals surface area contributed by atoms with Crippen LogP contribution in [-0.4, -0.2) is 67.7 Å². The van der Waals surface area contributed by atoms with Crippen molar-refractivity contribution in [2.24, 2.45) is 5.41 Å². The van der Waals surface area contributed by atoms with Crippen LogP contribution in [0.4, 0.5) is 0 Å². The molecule has 0 aromatic heterocycles. The molecule has 37 heavy (non-hydrogen) atoms. The van der Waals surface area contributed by atoms with E-state index in [9.17, 15) is 19.2 Å². The Morgan fingerprint density at radius 1 is 0.811 bits per heavy atom. The summed E-state index contributed by atoms with van der Waals surface area (Å²) < 4.78 is 28.3. The fourth-order valence-corrected chi connectivity index (χ4v) is 4.18. The van der Waals surface area contributed by atoms with Crippen molar-refractivity contribution in [1.82, 2.24) is 5.32 Å². The van der Waals surface area contributed by atoms with Gasteiger partial charge < -0.3 is 29.0 Å². The van der Waals surface area contributed by atoms with Crippen LogP contribution in [0.1, 0.15) is 99.8 Å². The highest BCUT2D eigenvalue weighted by Crippen LogP contribution is 2.29. The van der Waals surface area contributed by atoms with Crippen molar-refractivity contribution >= 4 is 23.8 Å². The highest BCUT2D eigenvalue weighted by atomic mass is 16.7. The monoisotopic (exact) mass is 529 g/mol. The third-order valence-electron chi connectivity index (χ3n) is 5.75. The maximum atomic E-state index is 12.9. The molecule has 1 N–H and O–H groups in total. The first-order chi connectivity index (χ1) is 17.3. The number of rotatable bonds is 15. The van der Waals surface area contributed by atoms with E-state index in [1.807, 2.05) is 20.8 Å². The molecule has 214 valence electrons. The number of amides is 1. The van der Waals surface area contributed by atoms with Crippen LogP contribution in [0, 0.1) is 5.41 Å². The third kappa shape index (κ3) is 13.8. The van der Waals surface area contributed by atoms with Crippen LogP contribution in [0.15, 0.2) is 0 Å². The Morgan fingerprint density at radius 3 is 1.92 bits per heavy atom. The molecule has 0 bridgehead atoms. The average Bonchev–Trinajstić information content (AvgIpc) is 2.76. The van der Waals surface area contributed by atoms with E-state index in [2.05, 4.69) is 12.2 Å². The normalized spacial score (nSPS) is 23.7. The van der Waals surface area contributed by atoms with E-state index in [4.69, 9.17) is 23.7 Å². The number of nitrogens with one attached hydrogen (secondary N) is 1. The first-order valence-electron chi connectivity index (χ1n) is 13.4. The SMILES string of the molecule is CCCCCCCCCO[C@@H]1O[C@H](COC(C)=O)[C@@H](OC(C)=O)[C@H](OC(C)=O)[C@H]1NC(=O)CC(C)(C)C. The van der Waals surface area contributed by atoms with Gasteiger partial charge in [0.25, 0.3) is 0 Å². The van der Waals surface area contributed by atoms with E-state index < -0.39 is 48.6 Å². The predicted molar refractivity (Wildman–Crippen MR) is 136 cm³/mol. The zero-order chi connectivity index (χ0) is 28.0. The molecule has 0 aliphatic carbocycles. The molecule has 0 radical (unpaired) electrons. The minimum absolute atomic E-state index is 0.204. The number of unbranched alkanes of at least 4 members (excludes halogenated alkanes) is 6. The van der Waals surface area contributed by atoms with Gasteiger partial charge in [-0.15, -0.1) is 0 Å². The van der Waals surface area contributed by atoms with Gasteiger partial charge in [0, 0.05) is 33.8 Å². The molecule has 1 aliphatic rings. The summed E-state index contributed by atoms with van der Waals surface area (Å²) in [5, 5.41) is 2.88. The minimum Gasteiger partial charge on any atom is -0.463 e. The largest absolute Gasteiger partial charge is 0.463 e. The van der Waals surface area contributed by atoms with Crippen LogP contribution in [0.5, 0.6) is 0 Å². The Balaban J connectivity index is 3.11. The summed E-state index contributed by atoms with van der Waals surface area (Å²) in [4.78, 5) is 48.3. The summed E-state index contributed by atoms with van der Waals surface area (Å²) in [6.45, 7) is 11.8. The summed E-state index contributed by atoms with van der Waals surface area (Å²) in [5.74, 6) is -2.10. The van der Waals surface area contributed by atoms with E-state index in [1.54, 1.807) is 0 Å². The topological polar surface area (TPSA) is 126 Å². The van der Waals surface area contributed by atoms with Gasteiger partial charge in [0.2, 0.25) is 5.91 Å². The van der Waals surface area contributed by atoms with Crippen molar-refractivity contribution in [2.45, 2.75) is 130 Å². The predicted octanol–water partition coefficient (Wildman–Crippen LogP) is 3.83. The van der Waals surface area contributed by atoms with Crippen LogP contribution >= 0.6 is 0 Å². The molecule has 0 aromatic rings. The Morgan fingerprint density at radius 2 is 1.38 bits per heavy atom. The molecule has 1 rings (SSSR count). The van der Waals surface area contributed by atoms with Gasteiger partial charge in [-0.1, -0.05) is 66.2 Å². The first-order valence-corrected chi connectivity index (χ1v) is 13.4. The molecule has 5 atom stereocenters. The molecule has 1 amide bonds. The smallest absolute Gasteiger partial charge is 0.303 e. The van der Waals surface area contributed by atoms with Gasteiger partial charge in [-0.25, -0.2) is 0 Å². The fourth-order valence-electron chi connectivity index (χ4n) is 4.18. The summed E-state index contributed by atoms with van der Waals surface area (Å²) >= 11 is 0. The molecular weight excluding hydrogens is 482 g/mol. The average molecular weight is 530 g/mol. The molecule has 0 aromatic carbocycles. The maximum Gasteiger partial charge on any atom is 0.303 e. The molecular formula is C27H47NO9. The van der Waals surface area contributed by atoms with E-state index >= 15 is 0 Å². The molecule has 1 saturated heterocycles. The second-order valence-electron chi connectivity index (χ2n) is 10.8. The van der Waals surface area contributed by atoms with Crippen LogP contribution in [0.3, 0.4) is 0 Å². The van der Waals surface area contributed by atoms with Crippen molar-refractivity contribution in [1.29, 1.82) is 0 Å². The van der Waals surface area contributed by atoms with E-state index in [-0.39, 0.29) is 24.3 Å². The zero-order valence-electron chi connectivity index (χ0n) is 23.6.